The van der Waals surface area contributed by atoms with E-state index in [0.29, 0.717) is 34.9 Å². The number of nitrogens with one attached hydrogen (secondary N) is 1. The molecule has 146 valence electrons. The van der Waals surface area contributed by atoms with Crippen LogP contribution in [0.4, 0.5) is 14.8 Å². The second-order valence-corrected chi connectivity index (χ2v) is 7.10. The van der Waals surface area contributed by atoms with E-state index in [0.717, 1.165) is 19.5 Å². The fourth-order valence-corrected chi connectivity index (χ4v) is 3.78. The summed E-state index contributed by atoms with van der Waals surface area (Å²) >= 11 is 0. The number of aliphatic hydroxyl groups excluding tert-OH is 1. The number of anilines is 1. The predicted molar refractivity (Wildman–Crippen MR) is 97.4 cm³/mol. The zero-order valence-corrected chi connectivity index (χ0v) is 14.8. The van der Waals surface area contributed by atoms with Crippen LogP contribution in [0.2, 0.25) is 0 Å². The van der Waals surface area contributed by atoms with Crippen LogP contribution in [0.1, 0.15) is 6.42 Å². The van der Waals surface area contributed by atoms with Gasteiger partial charge in [0.25, 0.3) is 6.01 Å². The molecule has 3 aromatic rings. The maximum Gasteiger partial charge on any atom is 0.421 e. The molecule has 9 heteroatoms. The SMILES string of the molecule is OCC(F)(F)Oc1ccc(-c2ccccn2)c2oc(N3CC4CC(C3)N4)nc12. The van der Waals surface area contributed by atoms with Gasteiger partial charge in [0.2, 0.25) is 0 Å². The fraction of sp³-hybridized carbons (Fsp3) is 0.368. The van der Waals surface area contributed by atoms with Crippen LogP contribution in [-0.4, -0.2) is 53.0 Å². The van der Waals surface area contributed by atoms with Crippen molar-refractivity contribution >= 4 is 17.1 Å². The van der Waals surface area contributed by atoms with E-state index >= 15 is 0 Å². The van der Waals surface area contributed by atoms with Crippen molar-refractivity contribution in [2.24, 2.45) is 0 Å². The molecule has 6 rings (SSSR count). The third-order valence-corrected chi connectivity index (χ3v) is 5.07. The third-order valence-electron chi connectivity index (χ3n) is 5.07. The number of piperazine rings is 1. The molecule has 1 aromatic carbocycles. The van der Waals surface area contributed by atoms with Gasteiger partial charge in [-0.15, -0.1) is 0 Å². The fourth-order valence-electron chi connectivity index (χ4n) is 3.78. The molecule has 2 unspecified atom stereocenters. The Morgan fingerprint density at radius 3 is 2.71 bits per heavy atom. The quantitative estimate of drug-likeness (QED) is 0.694. The number of alkyl halides is 2. The number of aliphatic hydroxyl groups is 1. The zero-order chi connectivity index (χ0) is 19.3. The molecule has 3 fully saturated rings. The van der Waals surface area contributed by atoms with Crippen LogP contribution >= 0.6 is 0 Å². The van der Waals surface area contributed by atoms with Crippen molar-refractivity contribution in [3.63, 3.8) is 0 Å². The second-order valence-electron chi connectivity index (χ2n) is 7.10. The van der Waals surface area contributed by atoms with E-state index in [1.165, 1.54) is 6.07 Å². The van der Waals surface area contributed by atoms with Crippen molar-refractivity contribution in [1.29, 1.82) is 0 Å². The lowest BCUT2D eigenvalue weighted by Crippen LogP contribution is -2.67. The number of hydrogen-bond donors (Lipinski definition) is 2. The first-order valence-electron chi connectivity index (χ1n) is 9.06. The van der Waals surface area contributed by atoms with Gasteiger partial charge in [-0.3, -0.25) is 4.98 Å². The molecular formula is C19H18F2N4O3. The third kappa shape index (κ3) is 2.96. The summed E-state index contributed by atoms with van der Waals surface area (Å²) in [5.74, 6) is -0.149. The highest BCUT2D eigenvalue weighted by Gasteiger charge is 2.38. The standard InChI is InChI=1S/C19H18F2N4O3/c20-19(21,10-26)28-15-5-4-13(14-3-1-2-6-22-14)17-16(15)24-18(27-17)25-8-11-7-12(9-25)23-11/h1-6,11-12,23,26H,7-10H2. The molecule has 0 aliphatic carbocycles. The molecule has 5 heterocycles. The van der Waals surface area contributed by atoms with Gasteiger partial charge in [0.1, 0.15) is 6.61 Å². The average Bonchev–Trinajstić information content (AvgIpc) is 3.14. The molecule has 28 heavy (non-hydrogen) atoms. The maximum absolute atomic E-state index is 13.6. The Labute approximate surface area is 158 Å². The number of halogens is 2. The first kappa shape index (κ1) is 17.3. The highest BCUT2D eigenvalue weighted by atomic mass is 19.3. The van der Waals surface area contributed by atoms with E-state index in [1.54, 1.807) is 24.4 Å². The van der Waals surface area contributed by atoms with Gasteiger partial charge in [0, 0.05) is 36.9 Å². The summed E-state index contributed by atoms with van der Waals surface area (Å²) in [6.07, 6.45) is -0.950. The van der Waals surface area contributed by atoms with Crippen LogP contribution in [0.5, 0.6) is 5.75 Å². The monoisotopic (exact) mass is 388 g/mol. The number of nitrogens with zero attached hydrogens (tertiary/aromatic N) is 3. The van der Waals surface area contributed by atoms with E-state index in [9.17, 15) is 8.78 Å². The Morgan fingerprint density at radius 1 is 1.25 bits per heavy atom. The summed E-state index contributed by atoms with van der Waals surface area (Å²) in [6.45, 7) is 0.0544. The summed E-state index contributed by atoms with van der Waals surface area (Å²) in [5.41, 5.74) is 1.78. The van der Waals surface area contributed by atoms with Gasteiger partial charge in [0.15, 0.2) is 16.8 Å². The summed E-state index contributed by atoms with van der Waals surface area (Å²) in [7, 11) is 0. The highest BCUT2D eigenvalue weighted by Crippen LogP contribution is 2.39. The second kappa shape index (κ2) is 6.39. The molecule has 3 saturated heterocycles. The highest BCUT2D eigenvalue weighted by molar-refractivity contribution is 5.94. The summed E-state index contributed by atoms with van der Waals surface area (Å²) in [6, 6.07) is 9.58. The number of hydrogen-bond acceptors (Lipinski definition) is 7. The van der Waals surface area contributed by atoms with Crippen molar-refractivity contribution in [3.8, 4) is 17.0 Å². The van der Waals surface area contributed by atoms with Crippen molar-refractivity contribution in [1.82, 2.24) is 15.3 Å². The van der Waals surface area contributed by atoms with Crippen LogP contribution in [-0.2, 0) is 0 Å². The molecule has 2 aromatic heterocycles. The molecule has 3 aliphatic rings. The first-order chi connectivity index (χ1) is 13.5. The molecular weight excluding hydrogens is 370 g/mol. The van der Waals surface area contributed by atoms with Gasteiger partial charge >= 0.3 is 6.11 Å². The largest absolute Gasteiger partial charge is 0.428 e. The van der Waals surface area contributed by atoms with Crippen molar-refractivity contribution in [2.45, 2.75) is 24.6 Å². The number of rotatable bonds is 5. The van der Waals surface area contributed by atoms with Gasteiger partial charge in [0.05, 0.1) is 5.69 Å². The van der Waals surface area contributed by atoms with Crippen molar-refractivity contribution in [2.75, 3.05) is 24.6 Å². The van der Waals surface area contributed by atoms with Crippen LogP contribution < -0.4 is 15.0 Å². The van der Waals surface area contributed by atoms with Crippen molar-refractivity contribution in [3.05, 3.63) is 36.5 Å². The molecule has 0 amide bonds. The summed E-state index contributed by atoms with van der Waals surface area (Å²) in [5, 5.41) is 12.3. The summed E-state index contributed by atoms with van der Waals surface area (Å²) in [4.78, 5) is 10.8. The Balaban J connectivity index is 1.61. The Bertz CT molecular complexity index is 995. The Hall–Kier alpha value is -2.78. The average molecular weight is 388 g/mol. The predicted octanol–water partition coefficient (Wildman–Crippen LogP) is 2.40. The zero-order valence-electron chi connectivity index (χ0n) is 14.8. The molecule has 2 bridgehead atoms. The number of oxazole rings is 1. The first-order valence-corrected chi connectivity index (χ1v) is 9.06. The van der Waals surface area contributed by atoms with E-state index in [1.807, 2.05) is 11.0 Å². The number of aromatic nitrogens is 2. The lowest BCUT2D eigenvalue weighted by Gasteiger charge is -2.47. The van der Waals surface area contributed by atoms with E-state index in [2.05, 4.69) is 15.3 Å². The maximum atomic E-state index is 13.6. The summed E-state index contributed by atoms with van der Waals surface area (Å²) < 4.78 is 38.0. The smallest absolute Gasteiger partial charge is 0.421 e. The Kier molecular flexibility index (Phi) is 3.95. The van der Waals surface area contributed by atoms with Gasteiger partial charge in [-0.2, -0.15) is 13.8 Å². The van der Waals surface area contributed by atoms with Gasteiger partial charge in [-0.25, -0.2) is 0 Å². The molecule has 0 spiro atoms. The number of benzene rings is 1. The number of ether oxygens (including phenoxy) is 1. The van der Waals surface area contributed by atoms with Crippen molar-refractivity contribution < 1.29 is 23.0 Å². The number of fused-ring (bicyclic) bond motifs is 3. The topological polar surface area (TPSA) is 83.7 Å². The molecule has 2 N–H and O–H groups in total. The van der Waals surface area contributed by atoms with E-state index < -0.39 is 12.7 Å². The van der Waals surface area contributed by atoms with Crippen LogP contribution in [0.15, 0.2) is 40.9 Å². The lowest BCUT2D eigenvalue weighted by molar-refractivity contribution is -0.200. The van der Waals surface area contributed by atoms with E-state index in [4.69, 9.17) is 14.3 Å². The minimum Gasteiger partial charge on any atom is -0.428 e. The lowest BCUT2D eigenvalue weighted by atomic mass is 9.92. The van der Waals surface area contributed by atoms with E-state index in [-0.39, 0.29) is 11.3 Å². The minimum atomic E-state index is -3.71. The molecule has 7 nitrogen and oxygen atoms in total. The molecule has 3 aliphatic heterocycles. The van der Waals surface area contributed by atoms with Gasteiger partial charge < -0.3 is 24.5 Å². The van der Waals surface area contributed by atoms with Gasteiger partial charge in [-0.05, 0) is 30.7 Å². The molecule has 2 atom stereocenters. The molecule has 0 radical (unpaired) electrons. The molecule has 0 saturated carbocycles. The van der Waals surface area contributed by atoms with Crippen LogP contribution in [0.3, 0.4) is 0 Å². The minimum absolute atomic E-state index is 0.149. The van der Waals surface area contributed by atoms with Crippen LogP contribution in [0.25, 0.3) is 22.4 Å². The van der Waals surface area contributed by atoms with Crippen LogP contribution in [0, 0.1) is 0 Å². The van der Waals surface area contributed by atoms with Gasteiger partial charge in [-0.1, -0.05) is 6.07 Å². The number of piperidine rings is 1. The normalized spacial score (nSPS) is 21.6. The Morgan fingerprint density at radius 2 is 2.04 bits per heavy atom. The number of pyridine rings is 1.